The molecule has 0 aliphatic heterocycles. The molecule has 1 fully saturated rings. The highest BCUT2D eigenvalue weighted by Gasteiger charge is 2.17. The Balaban J connectivity index is 2.01. The molecule has 0 radical (unpaired) electrons. The van der Waals surface area contributed by atoms with E-state index < -0.39 is 0 Å². The fourth-order valence-corrected chi connectivity index (χ4v) is 1.72. The third-order valence-electron chi connectivity index (χ3n) is 2.76. The second kappa shape index (κ2) is 3.77. The van der Waals surface area contributed by atoms with Gasteiger partial charge >= 0.3 is 0 Å². The van der Waals surface area contributed by atoms with Crippen molar-refractivity contribution in [2.45, 2.75) is 25.7 Å². The Morgan fingerprint density at radius 2 is 2.38 bits per heavy atom. The summed E-state index contributed by atoms with van der Waals surface area (Å²) in [7, 11) is 1.66. The van der Waals surface area contributed by atoms with Gasteiger partial charge in [-0.3, -0.25) is 0 Å². The summed E-state index contributed by atoms with van der Waals surface area (Å²) in [5.41, 5.74) is 1.36. The first kappa shape index (κ1) is 8.54. The SMILES string of the molecule is COc1cc(CC2CCC2)ccn1. The van der Waals surface area contributed by atoms with Crippen LogP contribution < -0.4 is 4.74 Å². The fourth-order valence-electron chi connectivity index (χ4n) is 1.72. The topological polar surface area (TPSA) is 22.1 Å². The molecule has 1 aromatic heterocycles. The van der Waals surface area contributed by atoms with Gasteiger partial charge < -0.3 is 4.74 Å². The number of pyridine rings is 1. The van der Waals surface area contributed by atoms with Crippen molar-refractivity contribution in [1.82, 2.24) is 4.98 Å². The summed E-state index contributed by atoms with van der Waals surface area (Å²) in [6.45, 7) is 0. The van der Waals surface area contributed by atoms with Gasteiger partial charge in [-0.15, -0.1) is 0 Å². The van der Waals surface area contributed by atoms with Gasteiger partial charge in [0.2, 0.25) is 5.88 Å². The van der Waals surface area contributed by atoms with Gasteiger partial charge in [-0.2, -0.15) is 0 Å². The Labute approximate surface area is 78.9 Å². The number of hydrogen-bond donors (Lipinski definition) is 0. The average Bonchev–Trinajstić information content (AvgIpc) is 2.12. The molecule has 0 atom stereocenters. The first-order valence-corrected chi connectivity index (χ1v) is 4.87. The zero-order valence-corrected chi connectivity index (χ0v) is 7.99. The lowest BCUT2D eigenvalue weighted by Gasteiger charge is -2.25. The highest BCUT2D eigenvalue weighted by atomic mass is 16.5. The van der Waals surface area contributed by atoms with Crippen molar-refractivity contribution in [3.8, 4) is 5.88 Å². The first-order valence-electron chi connectivity index (χ1n) is 4.87. The van der Waals surface area contributed by atoms with Crippen LogP contribution in [0.25, 0.3) is 0 Å². The maximum absolute atomic E-state index is 5.08. The lowest BCUT2D eigenvalue weighted by Crippen LogP contribution is -2.13. The number of ether oxygens (including phenoxy) is 1. The molecule has 0 bridgehead atoms. The van der Waals surface area contributed by atoms with Crippen molar-refractivity contribution >= 4 is 0 Å². The van der Waals surface area contributed by atoms with Crippen LogP contribution in [-0.4, -0.2) is 12.1 Å². The van der Waals surface area contributed by atoms with Crippen LogP contribution in [0.2, 0.25) is 0 Å². The van der Waals surface area contributed by atoms with Crippen LogP contribution in [0.5, 0.6) is 5.88 Å². The van der Waals surface area contributed by atoms with Crippen molar-refractivity contribution in [2.24, 2.45) is 5.92 Å². The van der Waals surface area contributed by atoms with E-state index >= 15 is 0 Å². The highest BCUT2D eigenvalue weighted by molar-refractivity contribution is 5.21. The summed E-state index contributed by atoms with van der Waals surface area (Å²) in [4.78, 5) is 4.09. The van der Waals surface area contributed by atoms with E-state index in [1.807, 2.05) is 12.3 Å². The molecule has 1 aromatic rings. The van der Waals surface area contributed by atoms with Gasteiger partial charge in [0.15, 0.2) is 0 Å². The third kappa shape index (κ3) is 2.00. The smallest absolute Gasteiger partial charge is 0.213 e. The first-order chi connectivity index (χ1) is 6.38. The van der Waals surface area contributed by atoms with E-state index in [9.17, 15) is 0 Å². The molecule has 0 N–H and O–H groups in total. The van der Waals surface area contributed by atoms with Gasteiger partial charge in [-0.1, -0.05) is 19.3 Å². The molecule has 2 nitrogen and oxygen atoms in total. The number of methoxy groups -OCH3 is 1. The van der Waals surface area contributed by atoms with Crippen LogP contribution in [-0.2, 0) is 6.42 Å². The van der Waals surface area contributed by atoms with Gasteiger partial charge in [-0.25, -0.2) is 4.98 Å². The van der Waals surface area contributed by atoms with Crippen LogP contribution in [0.3, 0.4) is 0 Å². The predicted octanol–water partition coefficient (Wildman–Crippen LogP) is 2.43. The molecule has 1 saturated carbocycles. The normalized spacial score (nSPS) is 16.7. The van der Waals surface area contributed by atoms with Crippen LogP contribution in [0.15, 0.2) is 18.3 Å². The van der Waals surface area contributed by atoms with E-state index in [-0.39, 0.29) is 0 Å². The molecule has 0 amide bonds. The Morgan fingerprint density at radius 3 is 3.00 bits per heavy atom. The number of rotatable bonds is 3. The zero-order valence-electron chi connectivity index (χ0n) is 7.99. The summed E-state index contributed by atoms with van der Waals surface area (Å²) >= 11 is 0. The number of aromatic nitrogens is 1. The Hall–Kier alpha value is -1.05. The third-order valence-corrected chi connectivity index (χ3v) is 2.76. The molecule has 1 aliphatic carbocycles. The van der Waals surface area contributed by atoms with Gasteiger partial charge in [-0.05, 0) is 24.0 Å². The van der Waals surface area contributed by atoms with E-state index in [2.05, 4.69) is 11.1 Å². The van der Waals surface area contributed by atoms with Gasteiger partial charge in [0, 0.05) is 12.3 Å². The Kier molecular flexibility index (Phi) is 2.48. The lowest BCUT2D eigenvalue weighted by molar-refractivity contribution is 0.313. The van der Waals surface area contributed by atoms with Crippen molar-refractivity contribution in [3.63, 3.8) is 0 Å². The van der Waals surface area contributed by atoms with Crippen LogP contribution in [0, 0.1) is 5.92 Å². The maximum Gasteiger partial charge on any atom is 0.213 e. The zero-order chi connectivity index (χ0) is 9.10. The van der Waals surface area contributed by atoms with Crippen molar-refractivity contribution < 1.29 is 4.74 Å². The summed E-state index contributed by atoms with van der Waals surface area (Å²) in [6.07, 6.45) is 7.22. The second-order valence-electron chi connectivity index (χ2n) is 3.71. The Bertz CT molecular complexity index is 281. The van der Waals surface area contributed by atoms with E-state index in [0.717, 1.165) is 11.8 Å². The molecule has 2 heteroatoms. The number of nitrogens with zero attached hydrogens (tertiary/aromatic N) is 1. The van der Waals surface area contributed by atoms with Crippen molar-refractivity contribution in [3.05, 3.63) is 23.9 Å². The molecule has 13 heavy (non-hydrogen) atoms. The predicted molar refractivity (Wildman–Crippen MR) is 51.8 cm³/mol. The molecular formula is C11H15NO. The second-order valence-corrected chi connectivity index (χ2v) is 3.71. The van der Waals surface area contributed by atoms with E-state index in [4.69, 9.17) is 4.74 Å². The van der Waals surface area contributed by atoms with E-state index in [1.54, 1.807) is 7.11 Å². The van der Waals surface area contributed by atoms with Gasteiger partial charge in [0.1, 0.15) is 0 Å². The summed E-state index contributed by atoms with van der Waals surface area (Å²) in [5, 5.41) is 0. The molecular weight excluding hydrogens is 162 g/mol. The molecule has 2 rings (SSSR count). The molecule has 70 valence electrons. The molecule has 1 aliphatic rings. The fraction of sp³-hybridized carbons (Fsp3) is 0.545. The summed E-state index contributed by atoms with van der Waals surface area (Å²) in [6, 6.07) is 4.12. The van der Waals surface area contributed by atoms with Crippen LogP contribution in [0.1, 0.15) is 24.8 Å². The van der Waals surface area contributed by atoms with Crippen LogP contribution in [0.4, 0.5) is 0 Å². The summed E-state index contributed by atoms with van der Waals surface area (Å²) < 4.78 is 5.08. The number of hydrogen-bond acceptors (Lipinski definition) is 2. The molecule has 0 spiro atoms. The maximum atomic E-state index is 5.08. The highest BCUT2D eigenvalue weighted by Crippen LogP contribution is 2.30. The standard InChI is InChI=1S/C11H15NO/c1-13-11-8-10(5-6-12-11)7-9-3-2-4-9/h5-6,8-9H,2-4,7H2,1H3. The molecule has 0 unspecified atom stereocenters. The lowest BCUT2D eigenvalue weighted by atomic mass is 9.81. The minimum atomic E-state index is 0.733. The monoisotopic (exact) mass is 177 g/mol. The van der Waals surface area contributed by atoms with Crippen LogP contribution >= 0.6 is 0 Å². The van der Waals surface area contributed by atoms with Gasteiger partial charge in [0.25, 0.3) is 0 Å². The van der Waals surface area contributed by atoms with E-state index in [0.29, 0.717) is 0 Å². The summed E-state index contributed by atoms with van der Waals surface area (Å²) in [5.74, 6) is 1.64. The van der Waals surface area contributed by atoms with Crippen molar-refractivity contribution in [1.29, 1.82) is 0 Å². The molecule has 0 saturated heterocycles. The largest absolute Gasteiger partial charge is 0.481 e. The minimum absolute atomic E-state index is 0.733. The molecule has 0 aromatic carbocycles. The average molecular weight is 177 g/mol. The Morgan fingerprint density at radius 1 is 1.54 bits per heavy atom. The quantitative estimate of drug-likeness (QED) is 0.707. The molecule has 1 heterocycles. The van der Waals surface area contributed by atoms with E-state index in [1.165, 1.54) is 31.2 Å². The van der Waals surface area contributed by atoms with Crippen molar-refractivity contribution in [2.75, 3.05) is 7.11 Å². The van der Waals surface area contributed by atoms with Gasteiger partial charge in [0.05, 0.1) is 7.11 Å². The minimum Gasteiger partial charge on any atom is -0.481 e.